The number of hydrogen-bond acceptors (Lipinski definition) is 1. The van der Waals surface area contributed by atoms with Gasteiger partial charge < -0.3 is 4.74 Å². The zero-order chi connectivity index (χ0) is 12.8. The summed E-state index contributed by atoms with van der Waals surface area (Å²) in [6.07, 6.45) is 7.61. The average molecular weight is 311 g/mol. The highest BCUT2D eigenvalue weighted by Crippen LogP contribution is 2.31. The predicted molar refractivity (Wildman–Crippen MR) is 80.3 cm³/mol. The fourth-order valence-corrected chi connectivity index (χ4v) is 3.48. The molecule has 1 heterocycles. The molecular weight excluding hydrogens is 288 g/mol. The summed E-state index contributed by atoms with van der Waals surface area (Å²) < 4.78 is 5.93. The van der Waals surface area contributed by atoms with Crippen LogP contribution in [0.25, 0.3) is 0 Å². The Hall–Kier alpha value is -0.340. The normalized spacial score (nSPS) is 20.4. The van der Waals surface area contributed by atoms with Crippen molar-refractivity contribution in [1.29, 1.82) is 0 Å². The van der Waals surface area contributed by atoms with E-state index >= 15 is 0 Å². The third kappa shape index (κ3) is 3.83. The zero-order valence-corrected chi connectivity index (χ0v) is 12.8. The summed E-state index contributed by atoms with van der Waals surface area (Å²) in [6, 6.07) is 8.74. The van der Waals surface area contributed by atoms with Gasteiger partial charge in [0.2, 0.25) is 0 Å². The van der Waals surface area contributed by atoms with Crippen molar-refractivity contribution in [2.45, 2.75) is 56.4 Å². The zero-order valence-electron chi connectivity index (χ0n) is 11.2. The molecule has 0 bridgehead atoms. The molecule has 0 radical (unpaired) electrons. The van der Waals surface area contributed by atoms with Crippen LogP contribution in [0.15, 0.2) is 24.3 Å². The molecule has 1 aromatic carbocycles. The van der Waals surface area contributed by atoms with E-state index in [4.69, 9.17) is 4.74 Å². The lowest BCUT2D eigenvalue weighted by molar-refractivity contribution is 0.0349. The fourth-order valence-electron chi connectivity index (χ4n) is 2.70. The van der Waals surface area contributed by atoms with Gasteiger partial charge in [0.15, 0.2) is 0 Å². The van der Waals surface area contributed by atoms with E-state index in [1.807, 2.05) is 0 Å². The number of alkyl halides is 1. The number of hydrogen-bond donors (Lipinski definition) is 0. The van der Waals surface area contributed by atoms with Gasteiger partial charge in [-0.25, -0.2) is 0 Å². The van der Waals surface area contributed by atoms with Crippen LogP contribution in [-0.4, -0.2) is 11.4 Å². The van der Waals surface area contributed by atoms with Crippen molar-refractivity contribution < 1.29 is 4.74 Å². The Morgan fingerprint density at radius 1 is 1.33 bits per heavy atom. The third-order valence-corrected chi connectivity index (χ3v) is 4.59. The maximum Gasteiger partial charge on any atom is 0.0827 e. The molecule has 2 heteroatoms. The van der Waals surface area contributed by atoms with E-state index in [0.29, 0.717) is 10.9 Å². The minimum absolute atomic E-state index is 0.330. The molecule has 1 aliphatic heterocycles. The van der Waals surface area contributed by atoms with Crippen molar-refractivity contribution in [3.63, 3.8) is 0 Å². The molecule has 0 amide bonds. The Labute approximate surface area is 119 Å². The van der Waals surface area contributed by atoms with Crippen LogP contribution in [0.2, 0.25) is 0 Å². The molecule has 1 nitrogen and oxygen atoms in total. The van der Waals surface area contributed by atoms with Gasteiger partial charge in [-0.3, -0.25) is 0 Å². The first-order valence-electron chi connectivity index (χ1n) is 7.14. The number of fused-ring (bicyclic) bond motifs is 1. The second-order valence-corrected chi connectivity index (χ2v) is 6.42. The summed E-state index contributed by atoms with van der Waals surface area (Å²) in [5.41, 5.74) is 2.91. The van der Waals surface area contributed by atoms with Gasteiger partial charge in [-0.15, -0.1) is 0 Å². The Balaban J connectivity index is 1.84. The van der Waals surface area contributed by atoms with Gasteiger partial charge in [0.1, 0.15) is 0 Å². The summed E-state index contributed by atoms with van der Waals surface area (Å²) in [6.45, 7) is 3.13. The first-order valence-corrected chi connectivity index (χ1v) is 8.06. The largest absolute Gasteiger partial charge is 0.373 e. The van der Waals surface area contributed by atoms with E-state index in [-0.39, 0.29) is 0 Å². The Morgan fingerprint density at radius 3 is 3.00 bits per heavy atom. The molecular formula is C16H23BrO. The van der Waals surface area contributed by atoms with E-state index in [9.17, 15) is 0 Å². The molecule has 0 spiro atoms. The standard InChI is InChI=1S/C16H23BrO/c1-2-6-14(17)8-5-10-16-15-9-4-3-7-13(15)11-12-18-16/h3-4,7,9,14,16H,2,5-6,8,10-12H2,1H3. The van der Waals surface area contributed by atoms with Crippen LogP contribution in [0.3, 0.4) is 0 Å². The van der Waals surface area contributed by atoms with Gasteiger partial charge in [0.05, 0.1) is 12.7 Å². The number of halogens is 1. The second kappa shape index (κ2) is 7.30. The van der Waals surface area contributed by atoms with Crippen molar-refractivity contribution in [2.75, 3.05) is 6.61 Å². The predicted octanol–water partition coefficient (Wildman–Crippen LogP) is 5.03. The lowest BCUT2D eigenvalue weighted by Gasteiger charge is -2.26. The number of rotatable bonds is 6. The lowest BCUT2D eigenvalue weighted by Crippen LogP contribution is -2.16. The molecule has 2 unspecified atom stereocenters. The molecule has 0 aliphatic carbocycles. The molecule has 18 heavy (non-hydrogen) atoms. The maximum absolute atomic E-state index is 5.93. The maximum atomic E-state index is 5.93. The van der Waals surface area contributed by atoms with Crippen molar-refractivity contribution in [2.24, 2.45) is 0 Å². The van der Waals surface area contributed by atoms with E-state index in [1.54, 1.807) is 0 Å². The highest BCUT2D eigenvalue weighted by Gasteiger charge is 2.20. The monoisotopic (exact) mass is 310 g/mol. The van der Waals surface area contributed by atoms with Gasteiger partial charge in [0.25, 0.3) is 0 Å². The molecule has 1 aromatic rings. The minimum atomic E-state index is 0.330. The summed E-state index contributed by atoms with van der Waals surface area (Å²) >= 11 is 3.75. The Kier molecular flexibility index (Phi) is 5.71. The highest BCUT2D eigenvalue weighted by molar-refractivity contribution is 9.09. The minimum Gasteiger partial charge on any atom is -0.373 e. The number of ether oxygens (including phenoxy) is 1. The average Bonchev–Trinajstić information content (AvgIpc) is 2.39. The Bertz CT molecular complexity index is 364. The number of benzene rings is 1. The van der Waals surface area contributed by atoms with E-state index in [1.165, 1.54) is 36.8 Å². The molecule has 0 saturated carbocycles. The molecule has 0 aromatic heterocycles. The van der Waals surface area contributed by atoms with E-state index < -0.39 is 0 Å². The summed E-state index contributed by atoms with van der Waals surface area (Å²) in [4.78, 5) is 0.682. The van der Waals surface area contributed by atoms with Gasteiger partial charge in [0, 0.05) is 4.83 Å². The first-order chi connectivity index (χ1) is 8.81. The summed E-state index contributed by atoms with van der Waals surface area (Å²) in [5.74, 6) is 0. The van der Waals surface area contributed by atoms with E-state index in [2.05, 4.69) is 47.1 Å². The van der Waals surface area contributed by atoms with Gasteiger partial charge in [-0.05, 0) is 43.2 Å². The molecule has 2 atom stereocenters. The van der Waals surface area contributed by atoms with Crippen LogP contribution in [0.5, 0.6) is 0 Å². The molecule has 0 fully saturated rings. The molecule has 0 saturated heterocycles. The lowest BCUT2D eigenvalue weighted by atomic mass is 9.94. The smallest absolute Gasteiger partial charge is 0.0827 e. The second-order valence-electron chi connectivity index (χ2n) is 5.13. The van der Waals surface area contributed by atoms with Crippen molar-refractivity contribution >= 4 is 15.9 Å². The molecule has 0 N–H and O–H groups in total. The quantitative estimate of drug-likeness (QED) is 0.669. The highest BCUT2D eigenvalue weighted by atomic mass is 79.9. The van der Waals surface area contributed by atoms with Crippen LogP contribution in [0, 0.1) is 0 Å². The fraction of sp³-hybridized carbons (Fsp3) is 0.625. The van der Waals surface area contributed by atoms with Gasteiger partial charge in [-0.2, -0.15) is 0 Å². The third-order valence-electron chi connectivity index (χ3n) is 3.68. The SMILES string of the molecule is CCCC(Br)CCCC1OCCc2ccccc21. The van der Waals surface area contributed by atoms with Gasteiger partial charge in [-0.1, -0.05) is 53.5 Å². The van der Waals surface area contributed by atoms with Crippen LogP contribution < -0.4 is 0 Å². The van der Waals surface area contributed by atoms with Crippen molar-refractivity contribution in [3.8, 4) is 0 Å². The summed E-state index contributed by atoms with van der Waals surface area (Å²) in [5, 5.41) is 0. The first kappa shape index (κ1) is 14.1. The van der Waals surface area contributed by atoms with Gasteiger partial charge >= 0.3 is 0 Å². The van der Waals surface area contributed by atoms with E-state index in [0.717, 1.165) is 19.4 Å². The van der Waals surface area contributed by atoms with Crippen LogP contribution >= 0.6 is 15.9 Å². The summed E-state index contributed by atoms with van der Waals surface area (Å²) in [7, 11) is 0. The Morgan fingerprint density at radius 2 is 2.17 bits per heavy atom. The van der Waals surface area contributed by atoms with Crippen LogP contribution in [0.4, 0.5) is 0 Å². The van der Waals surface area contributed by atoms with Crippen LogP contribution in [-0.2, 0) is 11.2 Å². The topological polar surface area (TPSA) is 9.23 Å². The van der Waals surface area contributed by atoms with Crippen molar-refractivity contribution in [1.82, 2.24) is 0 Å². The molecule has 2 rings (SSSR count). The van der Waals surface area contributed by atoms with Crippen molar-refractivity contribution in [3.05, 3.63) is 35.4 Å². The molecule has 1 aliphatic rings. The van der Waals surface area contributed by atoms with Crippen LogP contribution in [0.1, 0.15) is 56.3 Å². The molecule has 100 valence electrons.